The number of ether oxygens (including phenoxy) is 1. The third-order valence-electron chi connectivity index (χ3n) is 3.00. The predicted octanol–water partition coefficient (Wildman–Crippen LogP) is 3.65. The lowest BCUT2D eigenvalue weighted by Crippen LogP contribution is -2.37. The minimum atomic E-state index is 0.488. The zero-order valence-corrected chi connectivity index (χ0v) is 11.2. The van der Waals surface area contributed by atoms with Crippen LogP contribution in [0, 0.1) is 0 Å². The highest BCUT2D eigenvalue weighted by Gasteiger charge is 2.12. The Labute approximate surface area is 112 Å². The molecule has 0 amide bonds. The summed E-state index contributed by atoms with van der Waals surface area (Å²) >= 11 is 12.0. The Hall–Kier alpha value is -0.280. The molecular weight excluding hydrogens is 257 g/mol. The smallest absolute Gasteiger partial charge is 0.0732 e. The summed E-state index contributed by atoms with van der Waals surface area (Å²) in [7, 11) is 0. The van der Waals surface area contributed by atoms with Crippen molar-refractivity contribution in [2.75, 3.05) is 13.2 Å². The van der Waals surface area contributed by atoms with Crippen molar-refractivity contribution in [1.82, 2.24) is 5.32 Å². The minimum Gasteiger partial charge on any atom is -0.375 e. The van der Waals surface area contributed by atoms with Crippen LogP contribution in [0.5, 0.6) is 0 Å². The van der Waals surface area contributed by atoms with Gasteiger partial charge in [-0.05, 0) is 43.1 Å². The fourth-order valence-corrected chi connectivity index (χ4v) is 2.40. The molecule has 1 aliphatic heterocycles. The summed E-state index contributed by atoms with van der Waals surface area (Å²) in [4.78, 5) is 0. The van der Waals surface area contributed by atoms with E-state index in [1.165, 1.54) is 19.3 Å². The molecule has 2 rings (SSSR count). The van der Waals surface area contributed by atoms with Crippen LogP contribution in [-0.2, 0) is 11.3 Å². The third-order valence-corrected chi connectivity index (χ3v) is 3.60. The SMILES string of the molecule is Clc1ccc(Cl)c(COCC2CCCCN2)c1. The molecule has 0 aliphatic carbocycles. The lowest BCUT2D eigenvalue weighted by molar-refractivity contribution is 0.0912. The quantitative estimate of drug-likeness (QED) is 0.904. The van der Waals surface area contributed by atoms with Crippen LogP contribution in [0.25, 0.3) is 0 Å². The van der Waals surface area contributed by atoms with E-state index in [0.29, 0.717) is 22.7 Å². The van der Waals surface area contributed by atoms with Crippen LogP contribution in [-0.4, -0.2) is 19.2 Å². The van der Waals surface area contributed by atoms with E-state index in [4.69, 9.17) is 27.9 Å². The van der Waals surface area contributed by atoms with E-state index < -0.39 is 0 Å². The summed E-state index contributed by atoms with van der Waals surface area (Å²) < 4.78 is 5.69. The van der Waals surface area contributed by atoms with E-state index in [9.17, 15) is 0 Å². The van der Waals surface area contributed by atoms with Gasteiger partial charge in [0.05, 0.1) is 13.2 Å². The maximum Gasteiger partial charge on any atom is 0.0732 e. The normalized spacial score (nSPS) is 20.5. The first-order valence-corrected chi connectivity index (χ1v) is 6.76. The van der Waals surface area contributed by atoms with Crippen LogP contribution in [0.3, 0.4) is 0 Å². The fourth-order valence-electron chi connectivity index (χ4n) is 2.03. The summed E-state index contributed by atoms with van der Waals surface area (Å²) in [6.07, 6.45) is 3.76. The molecule has 0 spiro atoms. The maximum atomic E-state index is 6.06. The molecule has 1 aromatic rings. The molecule has 1 atom stereocenters. The number of nitrogens with one attached hydrogen (secondary N) is 1. The first-order chi connectivity index (χ1) is 8.25. The van der Waals surface area contributed by atoms with Gasteiger partial charge in [0.15, 0.2) is 0 Å². The number of hydrogen-bond donors (Lipinski definition) is 1. The third kappa shape index (κ3) is 4.14. The van der Waals surface area contributed by atoms with E-state index in [-0.39, 0.29) is 0 Å². The van der Waals surface area contributed by atoms with Gasteiger partial charge in [0.2, 0.25) is 0 Å². The number of benzene rings is 1. The summed E-state index contributed by atoms with van der Waals surface area (Å²) in [6.45, 7) is 2.37. The highest BCUT2D eigenvalue weighted by molar-refractivity contribution is 6.33. The number of hydrogen-bond acceptors (Lipinski definition) is 2. The molecule has 1 fully saturated rings. The molecule has 94 valence electrons. The van der Waals surface area contributed by atoms with Gasteiger partial charge in [-0.25, -0.2) is 0 Å². The Morgan fingerprint density at radius 2 is 2.18 bits per heavy atom. The van der Waals surface area contributed by atoms with E-state index in [2.05, 4.69) is 5.32 Å². The second-order valence-corrected chi connectivity index (χ2v) is 5.24. The van der Waals surface area contributed by atoms with Crippen molar-refractivity contribution in [1.29, 1.82) is 0 Å². The van der Waals surface area contributed by atoms with Crippen LogP contribution >= 0.6 is 23.2 Å². The molecule has 4 heteroatoms. The Morgan fingerprint density at radius 3 is 2.94 bits per heavy atom. The lowest BCUT2D eigenvalue weighted by atomic mass is 10.1. The van der Waals surface area contributed by atoms with Gasteiger partial charge < -0.3 is 10.1 Å². The predicted molar refractivity (Wildman–Crippen MR) is 71.8 cm³/mol. The van der Waals surface area contributed by atoms with Crippen molar-refractivity contribution in [2.24, 2.45) is 0 Å². The minimum absolute atomic E-state index is 0.488. The van der Waals surface area contributed by atoms with Gasteiger partial charge in [0.1, 0.15) is 0 Å². The molecule has 0 saturated carbocycles. The topological polar surface area (TPSA) is 21.3 Å². The molecule has 1 saturated heterocycles. The molecular formula is C13H17Cl2NO. The maximum absolute atomic E-state index is 6.06. The molecule has 2 nitrogen and oxygen atoms in total. The summed E-state index contributed by atoms with van der Waals surface area (Å²) in [5, 5.41) is 4.86. The zero-order chi connectivity index (χ0) is 12.1. The highest BCUT2D eigenvalue weighted by atomic mass is 35.5. The van der Waals surface area contributed by atoms with Gasteiger partial charge in [0, 0.05) is 16.1 Å². The van der Waals surface area contributed by atoms with Gasteiger partial charge in [-0.2, -0.15) is 0 Å². The Balaban J connectivity index is 1.79. The zero-order valence-electron chi connectivity index (χ0n) is 9.72. The standard InChI is InChI=1S/C13H17Cl2NO/c14-11-4-5-13(15)10(7-11)8-17-9-12-3-1-2-6-16-12/h4-5,7,12,16H,1-3,6,8-9H2. The molecule has 1 aliphatic rings. The van der Waals surface area contributed by atoms with Crippen LogP contribution in [0.1, 0.15) is 24.8 Å². The first-order valence-electron chi connectivity index (χ1n) is 6.01. The van der Waals surface area contributed by atoms with E-state index in [0.717, 1.165) is 18.7 Å². The van der Waals surface area contributed by atoms with Crippen molar-refractivity contribution in [3.8, 4) is 0 Å². The van der Waals surface area contributed by atoms with E-state index in [1.807, 2.05) is 6.07 Å². The van der Waals surface area contributed by atoms with Crippen molar-refractivity contribution >= 4 is 23.2 Å². The average Bonchev–Trinajstić information content (AvgIpc) is 2.35. The van der Waals surface area contributed by atoms with Crippen molar-refractivity contribution in [2.45, 2.75) is 31.9 Å². The Morgan fingerprint density at radius 1 is 1.29 bits per heavy atom. The summed E-state index contributed by atoms with van der Waals surface area (Å²) in [6, 6.07) is 5.94. The Bertz CT molecular complexity index is 364. The summed E-state index contributed by atoms with van der Waals surface area (Å²) in [5.41, 5.74) is 0.954. The summed E-state index contributed by atoms with van der Waals surface area (Å²) in [5.74, 6) is 0. The molecule has 1 unspecified atom stereocenters. The van der Waals surface area contributed by atoms with Gasteiger partial charge in [-0.3, -0.25) is 0 Å². The Kier molecular flexibility index (Phi) is 5.11. The number of piperidine rings is 1. The molecule has 0 bridgehead atoms. The lowest BCUT2D eigenvalue weighted by Gasteiger charge is -2.23. The van der Waals surface area contributed by atoms with Crippen LogP contribution in [0.2, 0.25) is 10.0 Å². The van der Waals surface area contributed by atoms with Gasteiger partial charge in [-0.15, -0.1) is 0 Å². The van der Waals surface area contributed by atoms with Gasteiger partial charge in [0.25, 0.3) is 0 Å². The van der Waals surface area contributed by atoms with Gasteiger partial charge in [-0.1, -0.05) is 29.6 Å². The highest BCUT2D eigenvalue weighted by Crippen LogP contribution is 2.21. The van der Waals surface area contributed by atoms with E-state index >= 15 is 0 Å². The largest absolute Gasteiger partial charge is 0.375 e. The monoisotopic (exact) mass is 273 g/mol. The number of rotatable bonds is 4. The van der Waals surface area contributed by atoms with Crippen LogP contribution in [0.4, 0.5) is 0 Å². The van der Waals surface area contributed by atoms with Crippen LogP contribution < -0.4 is 5.32 Å². The molecule has 17 heavy (non-hydrogen) atoms. The van der Waals surface area contributed by atoms with Crippen molar-refractivity contribution in [3.05, 3.63) is 33.8 Å². The second kappa shape index (κ2) is 6.60. The molecule has 0 radical (unpaired) electrons. The second-order valence-electron chi connectivity index (χ2n) is 4.40. The van der Waals surface area contributed by atoms with Crippen molar-refractivity contribution < 1.29 is 4.74 Å². The van der Waals surface area contributed by atoms with E-state index in [1.54, 1.807) is 12.1 Å². The average molecular weight is 274 g/mol. The van der Waals surface area contributed by atoms with Gasteiger partial charge >= 0.3 is 0 Å². The molecule has 0 aromatic heterocycles. The first kappa shape index (κ1) is 13.2. The van der Waals surface area contributed by atoms with Crippen molar-refractivity contribution in [3.63, 3.8) is 0 Å². The molecule has 1 N–H and O–H groups in total. The van der Waals surface area contributed by atoms with Crippen LogP contribution in [0.15, 0.2) is 18.2 Å². The fraction of sp³-hybridized carbons (Fsp3) is 0.538. The molecule has 1 heterocycles. The molecule has 1 aromatic carbocycles. The number of halogens is 2.